The lowest BCUT2D eigenvalue weighted by Crippen LogP contribution is -2.18. The van der Waals surface area contributed by atoms with Crippen molar-refractivity contribution < 1.29 is 34.4 Å². The third-order valence-corrected chi connectivity index (χ3v) is 5.04. The van der Waals surface area contributed by atoms with E-state index in [2.05, 4.69) is 6.58 Å². The predicted octanol–water partition coefficient (Wildman–Crippen LogP) is -0.530. The van der Waals surface area contributed by atoms with Crippen LogP contribution in [0.1, 0.15) is 5.56 Å². The van der Waals surface area contributed by atoms with Crippen LogP contribution < -0.4 is 5.14 Å². The monoisotopic (exact) mass is 343 g/mol. The summed E-state index contributed by atoms with van der Waals surface area (Å²) in [5, 5.41) is 4.79. The SMILES string of the molecule is C=Cc1cc(S(N)(=O)=O)c(S(=O)(=O)O)cc1S(=O)(=O)O. The van der Waals surface area contributed by atoms with Crippen LogP contribution in [0.25, 0.3) is 6.08 Å². The molecule has 0 saturated carbocycles. The molecule has 0 aromatic heterocycles. The van der Waals surface area contributed by atoms with E-state index in [1.54, 1.807) is 0 Å². The third kappa shape index (κ3) is 3.41. The second-order valence-corrected chi connectivity index (χ2v) is 7.85. The van der Waals surface area contributed by atoms with Crippen LogP contribution in [0.2, 0.25) is 0 Å². The van der Waals surface area contributed by atoms with E-state index in [0.29, 0.717) is 6.07 Å². The summed E-state index contributed by atoms with van der Waals surface area (Å²) in [6.45, 7) is 3.20. The van der Waals surface area contributed by atoms with Crippen molar-refractivity contribution >= 4 is 36.3 Å². The Labute approximate surface area is 115 Å². The molecule has 4 N–H and O–H groups in total. The van der Waals surface area contributed by atoms with Crippen LogP contribution >= 0.6 is 0 Å². The van der Waals surface area contributed by atoms with E-state index in [1.165, 1.54) is 0 Å². The Hall–Kier alpha value is -1.31. The smallest absolute Gasteiger partial charge is 0.282 e. The van der Waals surface area contributed by atoms with Gasteiger partial charge in [-0.15, -0.1) is 0 Å². The minimum absolute atomic E-state index is 0.279. The maximum absolute atomic E-state index is 11.3. The summed E-state index contributed by atoms with van der Waals surface area (Å²) in [6.07, 6.45) is 0.867. The number of nitrogens with two attached hydrogens (primary N) is 1. The Morgan fingerprint density at radius 3 is 1.65 bits per heavy atom. The average Bonchev–Trinajstić information content (AvgIpc) is 2.23. The van der Waals surface area contributed by atoms with Crippen LogP contribution in [0.15, 0.2) is 33.4 Å². The zero-order valence-electron chi connectivity index (χ0n) is 9.59. The lowest BCUT2D eigenvalue weighted by Gasteiger charge is -2.10. The van der Waals surface area contributed by atoms with Gasteiger partial charge in [0.25, 0.3) is 20.2 Å². The van der Waals surface area contributed by atoms with Crippen LogP contribution in [0.5, 0.6) is 0 Å². The van der Waals surface area contributed by atoms with E-state index in [-0.39, 0.29) is 6.07 Å². The van der Waals surface area contributed by atoms with Gasteiger partial charge in [-0.3, -0.25) is 9.11 Å². The quantitative estimate of drug-likeness (QED) is 0.613. The van der Waals surface area contributed by atoms with E-state index in [1.807, 2.05) is 0 Å². The zero-order chi connectivity index (χ0) is 15.9. The van der Waals surface area contributed by atoms with Crippen LogP contribution in [0, 0.1) is 0 Å². The molecule has 0 aliphatic rings. The minimum Gasteiger partial charge on any atom is -0.282 e. The Bertz CT molecular complexity index is 880. The van der Waals surface area contributed by atoms with Crippen LogP contribution in [0.3, 0.4) is 0 Å². The lowest BCUT2D eigenvalue weighted by atomic mass is 10.2. The van der Waals surface area contributed by atoms with Gasteiger partial charge in [0.1, 0.15) is 14.7 Å². The van der Waals surface area contributed by atoms with Gasteiger partial charge in [-0.2, -0.15) is 16.8 Å². The van der Waals surface area contributed by atoms with Gasteiger partial charge in [-0.05, 0) is 17.7 Å². The molecule has 0 aliphatic heterocycles. The Balaban J connectivity index is 4.07. The van der Waals surface area contributed by atoms with Crippen molar-refractivity contribution in [1.29, 1.82) is 0 Å². The van der Waals surface area contributed by atoms with Crippen LogP contribution in [-0.4, -0.2) is 34.4 Å². The molecule has 0 bridgehead atoms. The normalized spacial score (nSPS) is 13.2. The molecular weight excluding hydrogens is 334 g/mol. The molecule has 0 atom stereocenters. The van der Waals surface area contributed by atoms with Crippen LogP contribution in [0.4, 0.5) is 0 Å². The van der Waals surface area contributed by atoms with Gasteiger partial charge in [0, 0.05) is 0 Å². The topological polar surface area (TPSA) is 169 Å². The van der Waals surface area contributed by atoms with E-state index in [4.69, 9.17) is 14.2 Å². The first-order chi connectivity index (χ1) is 8.78. The van der Waals surface area contributed by atoms with Gasteiger partial charge in [0.2, 0.25) is 10.0 Å². The standard InChI is InChI=1S/C8H9NO8S3/c1-2-5-3-7(18(9,10)11)8(20(15,16)17)4-6(5)19(12,13)14/h2-4H,1H2,(H2,9,10,11)(H,12,13,14)(H,15,16,17). The summed E-state index contributed by atoms with van der Waals surface area (Å²) in [4.78, 5) is -3.23. The third-order valence-electron chi connectivity index (χ3n) is 2.16. The Kier molecular flexibility index (Phi) is 4.11. The molecule has 9 nitrogen and oxygen atoms in total. The maximum atomic E-state index is 11.3. The second-order valence-electron chi connectivity index (χ2n) is 3.54. The molecule has 20 heavy (non-hydrogen) atoms. The highest BCUT2D eigenvalue weighted by atomic mass is 32.2. The number of benzene rings is 1. The molecule has 0 spiro atoms. The van der Waals surface area contributed by atoms with Crippen molar-refractivity contribution in [1.82, 2.24) is 0 Å². The highest BCUT2D eigenvalue weighted by Crippen LogP contribution is 2.28. The fourth-order valence-corrected chi connectivity index (χ4v) is 4.02. The summed E-state index contributed by atoms with van der Waals surface area (Å²) >= 11 is 0. The predicted molar refractivity (Wildman–Crippen MR) is 67.5 cm³/mol. The Morgan fingerprint density at radius 2 is 1.35 bits per heavy atom. The molecule has 1 aromatic carbocycles. The fraction of sp³-hybridized carbons (Fsp3) is 0. The van der Waals surface area contributed by atoms with Gasteiger partial charge < -0.3 is 0 Å². The molecule has 0 heterocycles. The van der Waals surface area contributed by atoms with Crippen molar-refractivity contribution in [3.63, 3.8) is 0 Å². The summed E-state index contributed by atoms with van der Waals surface area (Å²) in [6, 6.07) is 0.843. The van der Waals surface area contributed by atoms with Crippen molar-refractivity contribution in [3.05, 3.63) is 24.3 Å². The van der Waals surface area contributed by atoms with Crippen LogP contribution in [-0.2, 0) is 30.3 Å². The molecule has 0 radical (unpaired) electrons. The summed E-state index contributed by atoms with van der Waals surface area (Å²) < 4.78 is 84.9. The number of hydrogen-bond acceptors (Lipinski definition) is 6. The highest BCUT2D eigenvalue weighted by molar-refractivity contribution is 7.91. The van der Waals surface area contributed by atoms with Gasteiger partial charge in [-0.25, -0.2) is 13.6 Å². The summed E-state index contributed by atoms with van der Waals surface area (Å²) in [5.41, 5.74) is -0.399. The lowest BCUT2D eigenvalue weighted by molar-refractivity contribution is 0.477. The van der Waals surface area contributed by atoms with Gasteiger partial charge >= 0.3 is 0 Å². The first kappa shape index (κ1) is 16.7. The molecular formula is C8H9NO8S3. The Morgan fingerprint density at radius 1 is 0.900 bits per heavy atom. The van der Waals surface area contributed by atoms with E-state index in [9.17, 15) is 25.3 Å². The second kappa shape index (κ2) is 4.91. The molecule has 0 amide bonds. The zero-order valence-corrected chi connectivity index (χ0v) is 12.0. The molecule has 0 fully saturated rings. The molecule has 0 unspecified atom stereocenters. The first-order valence-corrected chi connectivity index (χ1v) is 8.99. The summed E-state index contributed by atoms with van der Waals surface area (Å²) in [5.74, 6) is 0. The number of primary sulfonamides is 1. The van der Waals surface area contributed by atoms with Gasteiger partial charge in [-0.1, -0.05) is 12.7 Å². The van der Waals surface area contributed by atoms with E-state index >= 15 is 0 Å². The van der Waals surface area contributed by atoms with Crippen molar-refractivity contribution in [3.8, 4) is 0 Å². The number of rotatable bonds is 4. The minimum atomic E-state index is -5.09. The fourth-order valence-electron chi connectivity index (χ4n) is 1.36. The van der Waals surface area contributed by atoms with Crippen molar-refractivity contribution in [2.24, 2.45) is 5.14 Å². The number of hydrogen-bond donors (Lipinski definition) is 3. The van der Waals surface area contributed by atoms with Crippen molar-refractivity contribution in [2.45, 2.75) is 14.7 Å². The largest absolute Gasteiger partial charge is 0.295 e. The summed E-state index contributed by atoms with van der Waals surface area (Å²) in [7, 11) is -14.5. The maximum Gasteiger partial charge on any atom is 0.295 e. The average molecular weight is 343 g/mol. The highest BCUT2D eigenvalue weighted by Gasteiger charge is 2.27. The van der Waals surface area contributed by atoms with Gasteiger partial charge in [0.15, 0.2) is 0 Å². The molecule has 12 heteroatoms. The number of sulfonamides is 1. The first-order valence-electron chi connectivity index (χ1n) is 4.56. The van der Waals surface area contributed by atoms with E-state index < -0.39 is 50.5 Å². The molecule has 0 aliphatic carbocycles. The molecule has 1 aromatic rings. The molecule has 112 valence electrons. The van der Waals surface area contributed by atoms with Crippen molar-refractivity contribution in [2.75, 3.05) is 0 Å². The van der Waals surface area contributed by atoms with E-state index in [0.717, 1.165) is 6.08 Å². The molecule has 0 saturated heterocycles. The molecule has 1 rings (SSSR count). The van der Waals surface area contributed by atoms with Gasteiger partial charge in [0.05, 0.1) is 0 Å².